The summed E-state index contributed by atoms with van der Waals surface area (Å²) in [5, 5.41) is 10.0. The first-order valence-electron chi connectivity index (χ1n) is 3.43. The van der Waals surface area contributed by atoms with E-state index in [9.17, 15) is 14.9 Å². The van der Waals surface area contributed by atoms with E-state index >= 15 is 0 Å². The van der Waals surface area contributed by atoms with E-state index in [-0.39, 0.29) is 5.70 Å². The van der Waals surface area contributed by atoms with Gasteiger partial charge in [0, 0.05) is 13.3 Å². The second-order valence-electron chi connectivity index (χ2n) is 2.20. The number of unbranched alkanes of at least 4 members (excludes halogenated alkanes) is 2. The van der Waals surface area contributed by atoms with Crippen molar-refractivity contribution in [3.05, 3.63) is 21.9 Å². The Kier molecular flexibility index (Phi) is 4.98. The summed E-state index contributed by atoms with van der Waals surface area (Å²) in [6.45, 7) is 1.45. The van der Waals surface area contributed by atoms with Gasteiger partial charge in [0.1, 0.15) is 6.29 Å². The van der Waals surface area contributed by atoms with Crippen molar-refractivity contribution in [2.45, 2.75) is 26.2 Å². The summed E-state index contributed by atoms with van der Waals surface area (Å²) >= 11 is 0. The van der Waals surface area contributed by atoms with E-state index < -0.39 is 4.92 Å². The molecule has 0 saturated heterocycles. The highest BCUT2D eigenvalue weighted by atomic mass is 16.6. The molecule has 0 rings (SSSR count). The lowest BCUT2D eigenvalue weighted by Gasteiger charge is -1.89. The maximum Gasteiger partial charge on any atom is 0.239 e. The summed E-state index contributed by atoms with van der Waals surface area (Å²) in [5.74, 6) is 0. The van der Waals surface area contributed by atoms with E-state index in [2.05, 4.69) is 0 Å². The van der Waals surface area contributed by atoms with Gasteiger partial charge < -0.3 is 4.79 Å². The van der Waals surface area contributed by atoms with Crippen LogP contribution in [0, 0.1) is 10.1 Å². The van der Waals surface area contributed by atoms with Crippen molar-refractivity contribution in [3.8, 4) is 0 Å². The SMILES string of the molecule is C/C(=C\CCCC=O)[N+](=O)[O-]. The number of nitro groups is 1. The van der Waals surface area contributed by atoms with Crippen molar-refractivity contribution in [1.29, 1.82) is 0 Å². The van der Waals surface area contributed by atoms with Crippen LogP contribution in [-0.4, -0.2) is 11.2 Å². The lowest BCUT2D eigenvalue weighted by molar-refractivity contribution is -0.424. The second-order valence-corrected chi connectivity index (χ2v) is 2.20. The molecule has 0 fully saturated rings. The Bertz CT molecular complexity index is 175. The van der Waals surface area contributed by atoms with Gasteiger partial charge in [0.15, 0.2) is 0 Å². The van der Waals surface area contributed by atoms with Crippen LogP contribution in [0.15, 0.2) is 11.8 Å². The van der Waals surface area contributed by atoms with E-state index in [1.807, 2.05) is 0 Å². The summed E-state index contributed by atoms with van der Waals surface area (Å²) < 4.78 is 0. The molecule has 0 unspecified atom stereocenters. The normalized spacial score (nSPS) is 11.2. The third kappa shape index (κ3) is 5.26. The number of hydrogen-bond donors (Lipinski definition) is 0. The number of rotatable bonds is 5. The molecule has 0 aromatic carbocycles. The van der Waals surface area contributed by atoms with Crippen LogP contribution in [0.2, 0.25) is 0 Å². The summed E-state index contributed by atoms with van der Waals surface area (Å²) in [4.78, 5) is 19.4. The number of hydrogen-bond acceptors (Lipinski definition) is 3. The summed E-state index contributed by atoms with van der Waals surface area (Å²) in [6.07, 6.45) is 4.11. The van der Waals surface area contributed by atoms with Gasteiger partial charge in [0.25, 0.3) is 0 Å². The molecule has 0 N–H and O–H groups in total. The van der Waals surface area contributed by atoms with E-state index in [1.165, 1.54) is 13.0 Å². The fraction of sp³-hybridized carbons (Fsp3) is 0.571. The minimum absolute atomic E-state index is 0.149. The summed E-state index contributed by atoms with van der Waals surface area (Å²) in [7, 11) is 0. The highest BCUT2D eigenvalue weighted by molar-refractivity contribution is 5.48. The van der Waals surface area contributed by atoms with Crippen LogP contribution in [0.25, 0.3) is 0 Å². The molecule has 0 aliphatic rings. The molecule has 0 aliphatic heterocycles. The van der Waals surface area contributed by atoms with Crippen molar-refractivity contribution in [2.75, 3.05) is 0 Å². The molecular formula is C7H11NO3. The third-order valence-corrected chi connectivity index (χ3v) is 1.25. The number of carbonyl (C=O) groups excluding carboxylic acids is 1. The molecule has 0 bridgehead atoms. The number of aldehydes is 1. The average Bonchev–Trinajstić information content (AvgIpc) is 1.97. The predicted octanol–water partition coefficient (Wildman–Crippen LogP) is 1.54. The maximum atomic E-state index is 10.0. The molecule has 0 atom stereocenters. The van der Waals surface area contributed by atoms with Gasteiger partial charge in [-0.15, -0.1) is 0 Å². The van der Waals surface area contributed by atoms with Crippen LogP contribution in [0.1, 0.15) is 26.2 Å². The van der Waals surface area contributed by atoms with Crippen LogP contribution in [0.4, 0.5) is 0 Å². The van der Waals surface area contributed by atoms with E-state index in [4.69, 9.17) is 0 Å². The van der Waals surface area contributed by atoms with E-state index in [0.717, 1.165) is 6.29 Å². The second kappa shape index (κ2) is 5.58. The number of allylic oxidation sites excluding steroid dienone is 2. The van der Waals surface area contributed by atoms with Crippen LogP contribution in [-0.2, 0) is 4.79 Å². The lowest BCUT2D eigenvalue weighted by Crippen LogP contribution is -1.92. The van der Waals surface area contributed by atoms with Gasteiger partial charge in [-0.1, -0.05) is 0 Å². The van der Waals surface area contributed by atoms with Gasteiger partial charge in [-0.2, -0.15) is 0 Å². The molecule has 0 spiro atoms. The minimum Gasteiger partial charge on any atom is -0.303 e. The molecule has 11 heavy (non-hydrogen) atoms. The first kappa shape index (κ1) is 9.81. The molecule has 0 saturated carbocycles. The van der Waals surface area contributed by atoms with Gasteiger partial charge in [0.05, 0.1) is 4.92 Å². The Balaban J connectivity index is 3.56. The smallest absolute Gasteiger partial charge is 0.239 e. The minimum atomic E-state index is -0.430. The highest BCUT2D eigenvalue weighted by Gasteiger charge is 1.98. The van der Waals surface area contributed by atoms with Gasteiger partial charge >= 0.3 is 0 Å². The van der Waals surface area contributed by atoms with Crippen molar-refractivity contribution < 1.29 is 9.72 Å². The van der Waals surface area contributed by atoms with E-state index in [1.54, 1.807) is 0 Å². The zero-order valence-electron chi connectivity index (χ0n) is 6.45. The molecule has 0 aliphatic carbocycles. The Morgan fingerprint density at radius 2 is 2.18 bits per heavy atom. The zero-order valence-corrected chi connectivity index (χ0v) is 6.45. The summed E-state index contributed by atoms with van der Waals surface area (Å²) in [6, 6.07) is 0. The van der Waals surface area contributed by atoms with Gasteiger partial charge in [-0.05, 0) is 18.9 Å². The Hall–Kier alpha value is -1.19. The van der Waals surface area contributed by atoms with Gasteiger partial charge in [-0.25, -0.2) is 0 Å². The molecule has 0 amide bonds. The molecule has 0 heterocycles. The Morgan fingerprint density at radius 3 is 2.64 bits per heavy atom. The molecule has 0 radical (unpaired) electrons. The first-order chi connectivity index (χ1) is 5.18. The fourth-order valence-electron chi connectivity index (χ4n) is 0.587. The number of carbonyl (C=O) groups is 1. The monoisotopic (exact) mass is 157 g/mol. The van der Waals surface area contributed by atoms with Crippen LogP contribution in [0.5, 0.6) is 0 Å². The number of nitrogens with zero attached hydrogens (tertiary/aromatic N) is 1. The Labute approximate surface area is 65.1 Å². The highest BCUT2D eigenvalue weighted by Crippen LogP contribution is 1.99. The summed E-state index contributed by atoms with van der Waals surface area (Å²) in [5.41, 5.74) is 0.149. The van der Waals surface area contributed by atoms with Gasteiger partial charge in [0.2, 0.25) is 5.70 Å². The van der Waals surface area contributed by atoms with E-state index in [0.29, 0.717) is 19.3 Å². The molecular weight excluding hydrogens is 146 g/mol. The van der Waals surface area contributed by atoms with Crippen LogP contribution >= 0.6 is 0 Å². The third-order valence-electron chi connectivity index (χ3n) is 1.25. The molecule has 62 valence electrons. The van der Waals surface area contributed by atoms with Gasteiger partial charge in [-0.3, -0.25) is 10.1 Å². The molecule has 4 heteroatoms. The molecule has 0 aromatic rings. The molecule has 0 aromatic heterocycles. The zero-order chi connectivity index (χ0) is 8.69. The topological polar surface area (TPSA) is 60.2 Å². The van der Waals surface area contributed by atoms with Crippen molar-refractivity contribution in [1.82, 2.24) is 0 Å². The fourth-order valence-corrected chi connectivity index (χ4v) is 0.587. The van der Waals surface area contributed by atoms with Crippen molar-refractivity contribution in [2.24, 2.45) is 0 Å². The predicted molar refractivity (Wildman–Crippen MR) is 40.7 cm³/mol. The lowest BCUT2D eigenvalue weighted by atomic mass is 10.2. The largest absolute Gasteiger partial charge is 0.303 e. The van der Waals surface area contributed by atoms with Crippen LogP contribution < -0.4 is 0 Å². The molecule has 4 nitrogen and oxygen atoms in total. The quantitative estimate of drug-likeness (QED) is 0.263. The van der Waals surface area contributed by atoms with Crippen molar-refractivity contribution in [3.63, 3.8) is 0 Å². The Morgan fingerprint density at radius 1 is 1.55 bits per heavy atom. The maximum absolute atomic E-state index is 10.0. The first-order valence-corrected chi connectivity index (χ1v) is 3.43. The standard InChI is InChI=1S/C7H11NO3/c1-7(8(10)11)5-3-2-4-6-9/h5-6H,2-4H2,1H3/b7-5+. The van der Waals surface area contributed by atoms with Crippen molar-refractivity contribution >= 4 is 6.29 Å². The van der Waals surface area contributed by atoms with Crippen LogP contribution in [0.3, 0.4) is 0 Å². The average molecular weight is 157 g/mol.